The predicted molar refractivity (Wildman–Crippen MR) is 109 cm³/mol. The van der Waals surface area contributed by atoms with Gasteiger partial charge in [0.15, 0.2) is 0 Å². The Kier molecular flexibility index (Phi) is 4.47. The van der Waals surface area contributed by atoms with Crippen LogP contribution >= 0.6 is 0 Å². The lowest BCUT2D eigenvalue weighted by Crippen LogP contribution is -2.44. The number of nitrogens with zero attached hydrogens (tertiary/aromatic N) is 4. The summed E-state index contributed by atoms with van der Waals surface area (Å²) in [5, 5.41) is 5.70. The van der Waals surface area contributed by atoms with Crippen molar-refractivity contribution in [2.24, 2.45) is 4.99 Å². The smallest absolute Gasteiger partial charge is 0.131 e. The first-order chi connectivity index (χ1) is 12.6. The molecular formula is C21H25N5. The molecule has 0 atom stereocenters. The van der Waals surface area contributed by atoms with Crippen LogP contribution in [0.4, 0.5) is 5.82 Å². The molecule has 0 saturated carbocycles. The molecule has 5 heteroatoms. The number of aliphatic imine (C=N–C) groups is 1. The molecule has 2 aromatic rings. The van der Waals surface area contributed by atoms with Gasteiger partial charge in [-0.05, 0) is 42.6 Å². The third kappa shape index (κ3) is 3.48. The van der Waals surface area contributed by atoms with Crippen molar-refractivity contribution in [3.63, 3.8) is 0 Å². The quantitative estimate of drug-likeness (QED) is 0.918. The highest BCUT2D eigenvalue weighted by Crippen LogP contribution is 2.27. The number of benzene rings is 1. The maximum absolute atomic E-state index is 4.55. The van der Waals surface area contributed by atoms with E-state index in [1.165, 1.54) is 22.2 Å². The second-order valence-electron chi connectivity index (χ2n) is 7.19. The molecule has 0 unspecified atom stereocenters. The summed E-state index contributed by atoms with van der Waals surface area (Å²) in [6.07, 6.45) is 4.83. The average molecular weight is 347 g/mol. The zero-order chi connectivity index (χ0) is 18.1. The summed E-state index contributed by atoms with van der Waals surface area (Å²) in [4.78, 5) is 13.6. The van der Waals surface area contributed by atoms with Crippen molar-refractivity contribution in [2.45, 2.75) is 13.3 Å². The lowest BCUT2D eigenvalue weighted by Gasteiger charge is -2.35. The topological polar surface area (TPSA) is 43.8 Å². The van der Waals surface area contributed by atoms with Crippen LogP contribution in [0, 0.1) is 0 Å². The van der Waals surface area contributed by atoms with E-state index in [1.807, 2.05) is 12.4 Å². The normalized spacial score (nSPS) is 18.0. The summed E-state index contributed by atoms with van der Waals surface area (Å²) in [5.41, 5.74) is 3.67. The summed E-state index contributed by atoms with van der Waals surface area (Å²) < 4.78 is 0. The standard InChI is InChI=1S/C21H25N5/c1-15-10-20(14-22-15)17-4-5-18-13-23-21(12-19(18)11-17)24-16(2)26-8-6-25(3)7-9-26/h4-5,11-14H,2,6-10H2,1,3H3,(H,23,24). The highest BCUT2D eigenvalue weighted by molar-refractivity contribution is 5.98. The molecule has 1 N–H and O–H groups in total. The summed E-state index contributed by atoms with van der Waals surface area (Å²) in [5.74, 6) is 1.76. The molecule has 0 amide bonds. The molecule has 0 aliphatic carbocycles. The average Bonchev–Trinajstić information content (AvgIpc) is 3.08. The Morgan fingerprint density at radius 2 is 1.92 bits per heavy atom. The van der Waals surface area contributed by atoms with Crippen LogP contribution < -0.4 is 5.32 Å². The van der Waals surface area contributed by atoms with Crippen LogP contribution in [0.5, 0.6) is 0 Å². The Balaban J connectivity index is 1.52. The number of nitrogens with one attached hydrogen (secondary N) is 1. The Morgan fingerprint density at radius 1 is 1.12 bits per heavy atom. The molecule has 2 aliphatic heterocycles. The highest BCUT2D eigenvalue weighted by atomic mass is 15.3. The molecule has 5 nitrogen and oxygen atoms in total. The van der Waals surface area contributed by atoms with E-state index >= 15 is 0 Å². The largest absolute Gasteiger partial charge is 0.356 e. The van der Waals surface area contributed by atoms with E-state index in [2.05, 4.69) is 69.9 Å². The Hall–Kier alpha value is -2.66. The molecule has 0 bridgehead atoms. The van der Waals surface area contributed by atoms with Crippen LogP contribution in [-0.4, -0.2) is 53.7 Å². The van der Waals surface area contributed by atoms with Crippen molar-refractivity contribution in [1.82, 2.24) is 14.8 Å². The first-order valence-corrected chi connectivity index (χ1v) is 9.10. The zero-order valence-electron chi connectivity index (χ0n) is 15.5. The van der Waals surface area contributed by atoms with Crippen molar-refractivity contribution < 1.29 is 0 Å². The predicted octanol–water partition coefficient (Wildman–Crippen LogP) is 3.57. The molecule has 1 fully saturated rings. The molecule has 1 saturated heterocycles. The van der Waals surface area contributed by atoms with Gasteiger partial charge < -0.3 is 15.1 Å². The van der Waals surface area contributed by atoms with Crippen LogP contribution in [-0.2, 0) is 0 Å². The lowest BCUT2D eigenvalue weighted by molar-refractivity contribution is 0.188. The van der Waals surface area contributed by atoms with Gasteiger partial charge in [0.05, 0.1) is 5.82 Å². The summed E-state index contributed by atoms with van der Waals surface area (Å²) in [6, 6.07) is 8.61. The van der Waals surface area contributed by atoms with Crippen LogP contribution in [0.3, 0.4) is 0 Å². The number of allylic oxidation sites excluding steroid dienone is 1. The zero-order valence-corrected chi connectivity index (χ0v) is 15.5. The van der Waals surface area contributed by atoms with Gasteiger partial charge in [-0.1, -0.05) is 18.7 Å². The van der Waals surface area contributed by atoms with Gasteiger partial charge in [-0.3, -0.25) is 4.99 Å². The van der Waals surface area contributed by atoms with Crippen molar-refractivity contribution in [3.8, 4) is 0 Å². The van der Waals surface area contributed by atoms with Crippen LogP contribution in [0.15, 0.2) is 54.1 Å². The maximum atomic E-state index is 4.55. The van der Waals surface area contributed by atoms with Crippen molar-refractivity contribution in [2.75, 3.05) is 38.5 Å². The number of likely N-dealkylation sites (N-methyl/N-ethyl adjacent to an activating group) is 1. The Morgan fingerprint density at radius 3 is 2.65 bits per heavy atom. The van der Waals surface area contributed by atoms with Gasteiger partial charge in [-0.2, -0.15) is 0 Å². The molecule has 0 radical (unpaired) electrons. The molecule has 1 aromatic carbocycles. The number of hydrogen-bond donors (Lipinski definition) is 1. The number of aromatic nitrogens is 1. The molecule has 26 heavy (non-hydrogen) atoms. The monoisotopic (exact) mass is 347 g/mol. The van der Waals surface area contributed by atoms with Gasteiger partial charge >= 0.3 is 0 Å². The van der Waals surface area contributed by atoms with E-state index in [1.54, 1.807) is 0 Å². The van der Waals surface area contributed by atoms with Gasteiger partial charge in [-0.15, -0.1) is 0 Å². The molecule has 4 rings (SSSR count). The highest BCUT2D eigenvalue weighted by Gasteiger charge is 2.15. The van der Waals surface area contributed by atoms with Gasteiger partial charge in [0, 0.05) is 56.1 Å². The van der Waals surface area contributed by atoms with E-state index in [-0.39, 0.29) is 0 Å². The van der Waals surface area contributed by atoms with Gasteiger partial charge in [0.2, 0.25) is 0 Å². The first kappa shape index (κ1) is 16.8. The first-order valence-electron chi connectivity index (χ1n) is 9.10. The Bertz CT molecular complexity index is 904. The Labute approximate surface area is 154 Å². The lowest BCUT2D eigenvalue weighted by atomic mass is 10.0. The summed E-state index contributed by atoms with van der Waals surface area (Å²) in [6.45, 7) is 10.4. The fourth-order valence-electron chi connectivity index (χ4n) is 3.44. The molecule has 2 aliphatic rings. The molecule has 3 heterocycles. The minimum absolute atomic E-state index is 0.839. The van der Waals surface area contributed by atoms with Crippen LogP contribution in [0.2, 0.25) is 0 Å². The molecule has 0 spiro atoms. The minimum Gasteiger partial charge on any atom is -0.356 e. The van der Waals surface area contributed by atoms with Crippen LogP contribution in [0.25, 0.3) is 16.3 Å². The minimum atomic E-state index is 0.839. The van der Waals surface area contributed by atoms with Crippen LogP contribution in [0.1, 0.15) is 18.9 Å². The number of hydrogen-bond acceptors (Lipinski definition) is 5. The third-order valence-electron chi connectivity index (χ3n) is 5.14. The number of piperazine rings is 1. The van der Waals surface area contributed by atoms with Crippen molar-refractivity contribution in [1.29, 1.82) is 0 Å². The number of fused-ring (bicyclic) bond motifs is 1. The SMILES string of the molecule is C=C(Nc1cc2cc(C3=CN=C(C)C3)ccc2cn1)N1CCN(C)CC1. The van der Waals surface area contributed by atoms with E-state index in [0.29, 0.717) is 0 Å². The third-order valence-corrected chi connectivity index (χ3v) is 5.14. The number of rotatable bonds is 4. The summed E-state index contributed by atoms with van der Waals surface area (Å²) >= 11 is 0. The van der Waals surface area contributed by atoms with Gasteiger partial charge in [-0.25, -0.2) is 4.98 Å². The van der Waals surface area contributed by atoms with Gasteiger partial charge in [0.1, 0.15) is 5.82 Å². The van der Waals surface area contributed by atoms with Crippen molar-refractivity contribution >= 4 is 27.9 Å². The molecule has 134 valence electrons. The van der Waals surface area contributed by atoms with Gasteiger partial charge in [0.25, 0.3) is 0 Å². The molecular weight excluding hydrogens is 322 g/mol. The fourth-order valence-corrected chi connectivity index (χ4v) is 3.44. The van der Waals surface area contributed by atoms with Crippen molar-refractivity contribution in [3.05, 3.63) is 54.6 Å². The maximum Gasteiger partial charge on any atom is 0.131 e. The molecule has 1 aromatic heterocycles. The summed E-state index contributed by atoms with van der Waals surface area (Å²) in [7, 11) is 2.16. The second-order valence-corrected chi connectivity index (χ2v) is 7.19. The number of anilines is 1. The van der Waals surface area contributed by atoms with E-state index < -0.39 is 0 Å². The van der Waals surface area contributed by atoms with E-state index in [4.69, 9.17) is 0 Å². The fraction of sp³-hybridized carbons (Fsp3) is 0.333. The number of pyridine rings is 1. The second kappa shape index (κ2) is 6.92. The van der Waals surface area contributed by atoms with E-state index in [9.17, 15) is 0 Å². The van der Waals surface area contributed by atoms with E-state index in [0.717, 1.165) is 49.6 Å².